The molecule has 0 saturated carbocycles. The van der Waals surface area contributed by atoms with Gasteiger partial charge in [0.2, 0.25) is 0 Å². The number of piperidine rings is 2. The molecular formula is C92H102Br2N4O7. The minimum atomic E-state index is -0.486. The second-order valence-corrected chi connectivity index (χ2v) is 30.2. The van der Waals surface area contributed by atoms with Crippen LogP contribution in [-0.2, 0) is 11.2 Å². The smallest absolute Gasteiger partial charge is 0.410 e. The zero-order valence-corrected chi connectivity index (χ0v) is 64.4. The Labute approximate surface area is 639 Å². The van der Waals surface area contributed by atoms with Gasteiger partial charge in [0, 0.05) is 97.8 Å². The third-order valence-corrected chi connectivity index (χ3v) is 20.8. The first-order valence-electron chi connectivity index (χ1n) is 37.7. The molecule has 4 N–H and O–H groups in total. The molecule has 0 unspecified atom stereocenters. The lowest BCUT2D eigenvalue weighted by atomic mass is 9.87. The van der Waals surface area contributed by atoms with E-state index in [1.54, 1.807) is 17.0 Å². The molecule has 0 radical (unpaired) electrons. The maximum Gasteiger partial charge on any atom is 0.410 e. The molecule has 3 aliphatic rings. The van der Waals surface area contributed by atoms with Gasteiger partial charge in [-0.05, 0) is 267 Å². The highest BCUT2D eigenvalue weighted by molar-refractivity contribution is 9.10. The van der Waals surface area contributed by atoms with Gasteiger partial charge in [-0.2, -0.15) is 0 Å². The molecular weight excluding hydrogens is 1430 g/mol. The lowest BCUT2D eigenvalue weighted by molar-refractivity contribution is 0.0240. The Hall–Kier alpha value is -8.79. The number of rotatable bonds is 23. The standard InChI is InChI=1S/C32H37BrN2O3.C32H35NO3.C28H30BrNO/c1-32(2,3)38-31(37)35-21-19-34(20-22-35)28-17-13-26(14-18-28)30(25-11-15-27(33)16-12-25)29(10-7-23-36)24-8-5-4-6-9-24;34-21-7-10-30(24-8-3-1-4-9-24)32(25-11-14-28(35)15-12-25)26-13-16-31-27(22-26)23-29(36-31)17-20-33-18-5-2-6-19-33;29-25-15-11-23(12-16-25)28(27(10-7-21-31)22-8-3-1-4-9-22)24-13-17-26(18-14-24)30-19-5-2-6-20-30/h4-6,8-9,11-18,36H,7,10,19-23H2,1-3H3;1,3-4,8-9,11-16,22-23,34-35H,2,5-7,10,17-21H2;1,3-4,8-9,11-18,31H,2,5-7,10,19-21H2/b30-29-;32-30-;28-27-. The van der Waals surface area contributed by atoms with Crippen molar-refractivity contribution in [2.24, 2.45) is 0 Å². The number of likely N-dealkylation sites (tertiary alicyclic amines) is 1. The van der Waals surface area contributed by atoms with Crippen LogP contribution >= 0.6 is 31.9 Å². The Balaban J connectivity index is 0.000000158. The van der Waals surface area contributed by atoms with Crippen LogP contribution in [0, 0.1) is 0 Å². The average molecular weight is 1540 g/mol. The van der Waals surface area contributed by atoms with E-state index in [4.69, 9.17) is 9.15 Å². The Kier molecular flexibility index (Phi) is 28.7. The number of allylic oxidation sites excluding steroid dienone is 3. The molecule has 10 aromatic rings. The van der Waals surface area contributed by atoms with Crippen LogP contribution in [0.3, 0.4) is 0 Å². The van der Waals surface area contributed by atoms with Gasteiger partial charge in [-0.3, -0.25) is 0 Å². The van der Waals surface area contributed by atoms with Crippen molar-refractivity contribution in [1.82, 2.24) is 9.80 Å². The molecule has 1 amide bonds. The van der Waals surface area contributed by atoms with E-state index in [-0.39, 0.29) is 31.7 Å². The predicted molar refractivity (Wildman–Crippen MR) is 442 cm³/mol. The molecule has 3 saturated heterocycles. The van der Waals surface area contributed by atoms with Crippen molar-refractivity contribution >= 4 is 93.7 Å². The van der Waals surface area contributed by atoms with Crippen LogP contribution in [0.15, 0.2) is 250 Å². The number of carbonyl (C=O) groups excluding carboxylic acids is 1. The van der Waals surface area contributed by atoms with Gasteiger partial charge in [0.25, 0.3) is 0 Å². The van der Waals surface area contributed by atoms with Crippen LogP contribution in [0.2, 0.25) is 0 Å². The van der Waals surface area contributed by atoms with E-state index in [0.29, 0.717) is 25.9 Å². The van der Waals surface area contributed by atoms with Crippen molar-refractivity contribution in [2.45, 2.75) is 110 Å². The highest BCUT2D eigenvalue weighted by Crippen LogP contribution is 2.41. The first-order valence-corrected chi connectivity index (χ1v) is 39.2. The van der Waals surface area contributed by atoms with Gasteiger partial charge >= 0.3 is 6.09 Å². The first-order chi connectivity index (χ1) is 51.2. The third kappa shape index (κ3) is 21.9. The molecule has 13 rings (SSSR count). The molecule has 0 bridgehead atoms. The minimum absolute atomic E-state index is 0.139. The number of aliphatic hydroxyl groups excluding tert-OH is 3. The van der Waals surface area contributed by atoms with E-state index in [9.17, 15) is 25.2 Å². The molecule has 1 aromatic heterocycles. The molecule has 4 heterocycles. The van der Waals surface area contributed by atoms with E-state index >= 15 is 0 Å². The zero-order chi connectivity index (χ0) is 73.3. The fourth-order valence-electron chi connectivity index (χ4n) is 14.5. The summed E-state index contributed by atoms with van der Waals surface area (Å²) < 4.78 is 13.9. The maximum atomic E-state index is 12.4. The summed E-state index contributed by atoms with van der Waals surface area (Å²) in [6.45, 7) is 14.7. The number of furan rings is 1. The fourth-order valence-corrected chi connectivity index (χ4v) is 15.0. The number of fused-ring (bicyclic) bond motifs is 1. The van der Waals surface area contributed by atoms with Crippen molar-refractivity contribution in [3.8, 4) is 5.75 Å². The van der Waals surface area contributed by atoms with E-state index in [1.165, 1.54) is 107 Å². The molecule has 0 aliphatic carbocycles. The predicted octanol–water partition coefficient (Wildman–Crippen LogP) is 21.3. The van der Waals surface area contributed by atoms with Crippen molar-refractivity contribution in [2.75, 3.05) is 88.5 Å². The van der Waals surface area contributed by atoms with E-state index in [2.05, 4.69) is 247 Å². The van der Waals surface area contributed by atoms with E-state index in [1.807, 2.05) is 45.0 Å². The fraction of sp³-hybridized carbons (Fsp3) is 0.315. The summed E-state index contributed by atoms with van der Waals surface area (Å²) in [6, 6.07) is 82.2. The second kappa shape index (κ2) is 39.0. The number of phenols is 1. The van der Waals surface area contributed by atoms with Gasteiger partial charge in [-0.15, -0.1) is 0 Å². The average Bonchev–Trinajstić information content (AvgIpc) is 1.77. The molecule has 11 nitrogen and oxygen atoms in total. The van der Waals surface area contributed by atoms with E-state index < -0.39 is 5.60 Å². The topological polar surface area (TPSA) is 133 Å². The summed E-state index contributed by atoms with van der Waals surface area (Å²) in [5.74, 6) is 1.28. The maximum absolute atomic E-state index is 12.4. The molecule has 13 heteroatoms. The summed E-state index contributed by atoms with van der Waals surface area (Å²) in [5, 5.41) is 39.9. The van der Waals surface area contributed by atoms with Gasteiger partial charge in [0.15, 0.2) is 0 Å². The number of anilines is 2. The molecule has 3 fully saturated rings. The number of nitrogens with zero attached hydrogens (tertiary/aromatic N) is 4. The number of amides is 1. The van der Waals surface area contributed by atoms with Gasteiger partial charge in [-0.25, -0.2) is 4.79 Å². The van der Waals surface area contributed by atoms with Crippen LogP contribution in [0.1, 0.15) is 154 Å². The van der Waals surface area contributed by atoms with Crippen molar-refractivity contribution in [1.29, 1.82) is 0 Å². The summed E-state index contributed by atoms with van der Waals surface area (Å²) in [7, 11) is 0. The second-order valence-electron chi connectivity index (χ2n) is 28.4. The number of hydrogen-bond donors (Lipinski definition) is 4. The molecule has 546 valence electrons. The van der Waals surface area contributed by atoms with Gasteiger partial charge < -0.3 is 49.2 Å². The van der Waals surface area contributed by atoms with Crippen molar-refractivity contribution in [3.05, 3.63) is 301 Å². The Morgan fingerprint density at radius 1 is 0.419 bits per heavy atom. The monoisotopic (exact) mass is 1530 g/mol. The van der Waals surface area contributed by atoms with Gasteiger partial charge in [0.1, 0.15) is 22.7 Å². The van der Waals surface area contributed by atoms with Gasteiger partial charge in [-0.1, -0.05) is 196 Å². The van der Waals surface area contributed by atoms with Crippen LogP contribution in [0.5, 0.6) is 5.75 Å². The summed E-state index contributed by atoms with van der Waals surface area (Å²) in [5.41, 5.74) is 20.5. The van der Waals surface area contributed by atoms with Crippen LogP contribution < -0.4 is 9.80 Å². The number of ether oxygens (including phenoxy) is 1. The summed E-state index contributed by atoms with van der Waals surface area (Å²) >= 11 is 7.14. The van der Waals surface area contributed by atoms with Crippen LogP contribution in [0.4, 0.5) is 16.2 Å². The summed E-state index contributed by atoms with van der Waals surface area (Å²) in [6.07, 6.45) is 13.0. The quantitative estimate of drug-likeness (QED) is 0.0459. The number of hydrogen-bond acceptors (Lipinski definition) is 10. The highest BCUT2D eigenvalue weighted by atomic mass is 79.9. The Morgan fingerprint density at radius 3 is 1.20 bits per heavy atom. The number of benzene rings is 9. The lowest BCUT2D eigenvalue weighted by Crippen LogP contribution is -2.50. The number of carbonyl (C=O) groups is 1. The molecule has 105 heavy (non-hydrogen) atoms. The lowest BCUT2D eigenvalue weighted by Gasteiger charge is -2.36. The van der Waals surface area contributed by atoms with E-state index in [0.717, 1.165) is 130 Å². The Morgan fingerprint density at radius 2 is 0.790 bits per heavy atom. The van der Waals surface area contributed by atoms with Crippen molar-refractivity contribution < 1.29 is 34.4 Å². The normalized spacial score (nSPS) is 15.0. The molecule has 9 aromatic carbocycles. The number of aromatic hydroxyl groups is 1. The first kappa shape index (κ1) is 77.3. The van der Waals surface area contributed by atoms with Crippen LogP contribution in [-0.4, -0.2) is 121 Å². The number of halogens is 2. The highest BCUT2D eigenvalue weighted by Gasteiger charge is 2.27. The largest absolute Gasteiger partial charge is 0.508 e. The number of piperazine rings is 1. The number of phenolic OH excluding ortho intramolecular Hbond substituents is 1. The molecule has 3 aliphatic heterocycles. The number of aliphatic hydroxyl groups is 3. The van der Waals surface area contributed by atoms with Crippen LogP contribution in [0.25, 0.3) is 44.4 Å². The third-order valence-electron chi connectivity index (χ3n) is 19.8. The van der Waals surface area contributed by atoms with Gasteiger partial charge in [0.05, 0.1) is 0 Å². The Bertz CT molecular complexity index is 4420. The van der Waals surface area contributed by atoms with Crippen molar-refractivity contribution in [3.63, 3.8) is 0 Å². The minimum Gasteiger partial charge on any atom is -0.508 e. The SMILES string of the molecule is CC(C)(C)OC(=O)N1CCN(c2ccc(/C(=C(/CCCO)c3ccccc3)c3ccc(Br)cc3)cc2)CC1.OCCC/C(=C(\c1ccc(Br)cc1)c1ccc(N2CCCCC2)cc1)c1ccccc1.OCCC/C(=C(\c1ccc(O)cc1)c1ccc2oc(CCN3CCCCC3)cc2c1)c1ccccc1. The molecule has 0 atom stereocenters. The zero-order valence-electron chi connectivity index (χ0n) is 61.3. The molecule has 0 spiro atoms. The summed E-state index contributed by atoms with van der Waals surface area (Å²) in [4.78, 5) is 21.6.